The summed E-state index contributed by atoms with van der Waals surface area (Å²) in [6, 6.07) is 13.3. The maximum atomic E-state index is 11.8. The molecule has 0 saturated heterocycles. The monoisotopic (exact) mass is 289 g/mol. The fourth-order valence-electron chi connectivity index (χ4n) is 1.77. The highest BCUT2D eigenvalue weighted by atomic mass is 16.5. The van der Waals surface area contributed by atoms with Crippen LogP contribution >= 0.6 is 0 Å². The summed E-state index contributed by atoms with van der Waals surface area (Å²) in [4.78, 5) is 13.3. The third-order valence-corrected chi connectivity index (χ3v) is 2.92. The molecule has 0 atom stereocenters. The summed E-state index contributed by atoms with van der Waals surface area (Å²) in [7, 11) is 1.91. The zero-order valence-electron chi connectivity index (χ0n) is 11.9. The lowest BCUT2D eigenvalue weighted by atomic mass is 9.80. The van der Waals surface area contributed by atoms with Gasteiger partial charge in [0.05, 0.1) is 0 Å². The highest BCUT2D eigenvalue weighted by molar-refractivity contribution is 6.58. The van der Waals surface area contributed by atoms with Gasteiger partial charge in [-0.3, -0.25) is 4.79 Å². The molecule has 0 aliphatic heterocycles. The van der Waals surface area contributed by atoms with Crippen molar-refractivity contribution in [1.82, 2.24) is 4.90 Å². The topological polar surface area (TPSA) is 70.0 Å². The van der Waals surface area contributed by atoms with Crippen LogP contribution in [0.3, 0.4) is 0 Å². The summed E-state index contributed by atoms with van der Waals surface area (Å²) < 4.78 is 5.62. The first-order valence-electron chi connectivity index (χ1n) is 6.43. The van der Waals surface area contributed by atoms with Crippen LogP contribution in [0.15, 0.2) is 48.5 Å². The molecule has 2 N–H and O–H groups in total. The molecule has 6 heteroatoms. The second kappa shape index (κ2) is 6.43. The molecule has 0 heterocycles. The van der Waals surface area contributed by atoms with E-state index >= 15 is 0 Å². The zero-order chi connectivity index (χ0) is 15.4. The van der Waals surface area contributed by atoms with E-state index in [0.29, 0.717) is 22.5 Å². The van der Waals surface area contributed by atoms with E-state index in [1.54, 1.807) is 62.6 Å². The SMILES string of the molecule is CN(C)C(=O)c1ccc(Oc2ccc(B(O)O)cc2)cc1.[HH].[HH]. The molecular weight excluding hydrogens is 269 g/mol. The first kappa shape index (κ1) is 15.1. The molecule has 2 aromatic rings. The summed E-state index contributed by atoms with van der Waals surface area (Å²) in [5.74, 6) is 1.11. The van der Waals surface area contributed by atoms with Crippen molar-refractivity contribution < 1.29 is 22.4 Å². The minimum Gasteiger partial charge on any atom is -0.457 e. The van der Waals surface area contributed by atoms with Crippen LogP contribution in [-0.4, -0.2) is 42.1 Å². The predicted octanol–water partition coefficient (Wildman–Crippen LogP) is 1.35. The van der Waals surface area contributed by atoms with Crippen LogP contribution in [0.4, 0.5) is 0 Å². The van der Waals surface area contributed by atoms with Crippen molar-refractivity contribution in [2.24, 2.45) is 0 Å². The van der Waals surface area contributed by atoms with E-state index in [1.165, 1.54) is 4.90 Å². The molecule has 5 nitrogen and oxygen atoms in total. The summed E-state index contributed by atoms with van der Waals surface area (Å²) in [5.41, 5.74) is 0.986. The third kappa shape index (κ3) is 3.84. The predicted molar refractivity (Wildman–Crippen MR) is 85.0 cm³/mol. The molecule has 0 aliphatic rings. The van der Waals surface area contributed by atoms with Gasteiger partial charge in [0.2, 0.25) is 0 Å². The van der Waals surface area contributed by atoms with Crippen LogP contribution < -0.4 is 10.2 Å². The van der Waals surface area contributed by atoms with E-state index in [1.807, 2.05) is 0 Å². The largest absolute Gasteiger partial charge is 0.488 e. The van der Waals surface area contributed by atoms with Crippen LogP contribution in [0.2, 0.25) is 0 Å². The number of nitrogens with zero attached hydrogens (tertiary/aromatic N) is 1. The Morgan fingerprint density at radius 3 is 1.90 bits per heavy atom. The number of amides is 1. The molecule has 1 amide bonds. The highest BCUT2D eigenvalue weighted by Gasteiger charge is 2.10. The van der Waals surface area contributed by atoms with Gasteiger partial charge in [0.15, 0.2) is 0 Å². The van der Waals surface area contributed by atoms with Crippen molar-refractivity contribution in [2.75, 3.05) is 14.1 Å². The molecule has 0 radical (unpaired) electrons. The standard InChI is InChI=1S/C15H16BNO4.2H2/c1-17(2)15(18)11-3-7-13(8-4-11)21-14-9-5-12(6-10-14)16(19)20;;/h3-10,19-20H,1-2H3;2*1H. The molecule has 2 rings (SSSR count). The molecule has 0 aliphatic carbocycles. The fraction of sp³-hybridized carbons (Fsp3) is 0.133. The molecule has 0 saturated carbocycles. The van der Waals surface area contributed by atoms with Gasteiger partial charge in [0.25, 0.3) is 5.91 Å². The first-order valence-corrected chi connectivity index (χ1v) is 6.43. The van der Waals surface area contributed by atoms with E-state index in [9.17, 15) is 4.79 Å². The molecule has 0 spiro atoms. The van der Waals surface area contributed by atoms with E-state index in [2.05, 4.69) is 0 Å². The van der Waals surface area contributed by atoms with Gasteiger partial charge in [-0.25, -0.2) is 0 Å². The molecule has 0 aromatic heterocycles. The van der Waals surface area contributed by atoms with Gasteiger partial charge in [-0.15, -0.1) is 0 Å². The number of rotatable bonds is 4. The van der Waals surface area contributed by atoms with Gasteiger partial charge in [0, 0.05) is 22.5 Å². The molecular formula is C15H20BNO4. The van der Waals surface area contributed by atoms with Gasteiger partial charge in [-0.1, -0.05) is 12.1 Å². The van der Waals surface area contributed by atoms with E-state index in [0.717, 1.165) is 0 Å². The van der Waals surface area contributed by atoms with E-state index < -0.39 is 7.12 Å². The van der Waals surface area contributed by atoms with Gasteiger partial charge < -0.3 is 19.7 Å². The number of hydrogen-bond donors (Lipinski definition) is 2. The molecule has 2 aromatic carbocycles. The first-order chi connectivity index (χ1) is 9.97. The number of carbonyl (C=O) groups excluding carboxylic acids is 1. The van der Waals surface area contributed by atoms with Crippen LogP contribution in [0.1, 0.15) is 13.2 Å². The molecule has 0 fully saturated rings. The Bertz CT molecular complexity index is 618. The fourth-order valence-corrected chi connectivity index (χ4v) is 1.77. The minimum absolute atomic E-state index is 0. The average Bonchev–Trinajstić information content (AvgIpc) is 2.47. The second-order valence-corrected chi connectivity index (χ2v) is 4.77. The summed E-state index contributed by atoms with van der Waals surface area (Å²) in [6.45, 7) is 0. The number of carbonyl (C=O) groups is 1. The molecule has 21 heavy (non-hydrogen) atoms. The smallest absolute Gasteiger partial charge is 0.457 e. The quantitative estimate of drug-likeness (QED) is 0.834. The van der Waals surface area contributed by atoms with Crippen molar-refractivity contribution in [3.05, 3.63) is 54.1 Å². The van der Waals surface area contributed by atoms with E-state index in [-0.39, 0.29) is 8.76 Å². The van der Waals surface area contributed by atoms with Crippen molar-refractivity contribution in [3.63, 3.8) is 0 Å². The van der Waals surface area contributed by atoms with Crippen molar-refractivity contribution in [2.45, 2.75) is 0 Å². The summed E-state index contributed by atoms with van der Waals surface area (Å²) in [6.07, 6.45) is 0. The minimum atomic E-state index is -1.49. The second-order valence-electron chi connectivity index (χ2n) is 4.77. The Morgan fingerprint density at radius 1 is 1.00 bits per heavy atom. The third-order valence-electron chi connectivity index (χ3n) is 2.92. The van der Waals surface area contributed by atoms with Gasteiger partial charge in [-0.05, 0) is 41.9 Å². The van der Waals surface area contributed by atoms with Crippen LogP contribution in [-0.2, 0) is 0 Å². The highest BCUT2D eigenvalue weighted by Crippen LogP contribution is 2.21. The lowest BCUT2D eigenvalue weighted by molar-refractivity contribution is 0.0827. The van der Waals surface area contributed by atoms with Gasteiger partial charge in [-0.2, -0.15) is 0 Å². The zero-order valence-corrected chi connectivity index (χ0v) is 11.9. The van der Waals surface area contributed by atoms with Crippen LogP contribution in [0.25, 0.3) is 0 Å². The lowest BCUT2D eigenvalue weighted by Gasteiger charge is -2.11. The van der Waals surface area contributed by atoms with E-state index in [4.69, 9.17) is 14.8 Å². The lowest BCUT2D eigenvalue weighted by Crippen LogP contribution is -2.29. The Kier molecular flexibility index (Phi) is 4.62. The van der Waals surface area contributed by atoms with Crippen LogP contribution in [0.5, 0.6) is 11.5 Å². The maximum absolute atomic E-state index is 11.8. The summed E-state index contributed by atoms with van der Waals surface area (Å²) >= 11 is 0. The number of ether oxygens (including phenoxy) is 1. The Hall–Kier alpha value is -2.31. The number of benzene rings is 2. The Morgan fingerprint density at radius 2 is 1.48 bits per heavy atom. The molecule has 112 valence electrons. The van der Waals surface area contributed by atoms with Gasteiger partial charge in [0.1, 0.15) is 11.5 Å². The summed E-state index contributed by atoms with van der Waals surface area (Å²) in [5, 5.41) is 18.0. The van der Waals surface area contributed by atoms with Crippen molar-refractivity contribution >= 4 is 18.5 Å². The average molecular weight is 289 g/mol. The molecule has 0 bridgehead atoms. The van der Waals surface area contributed by atoms with Crippen molar-refractivity contribution in [1.29, 1.82) is 0 Å². The Balaban J connectivity index is 0.00000242. The molecule has 0 unspecified atom stereocenters. The number of hydrogen-bond acceptors (Lipinski definition) is 4. The maximum Gasteiger partial charge on any atom is 0.488 e. The Labute approximate surface area is 126 Å². The normalized spacial score (nSPS) is 10.1. The van der Waals surface area contributed by atoms with Gasteiger partial charge >= 0.3 is 7.12 Å². The van der Waals surface area contributed by atoms with Crippen molar-refractivity contribution in [3.8, 4) is 11.5 Å². The van der Waals surface area contributed by atoms with Crippen LogP contribution in [0, 0.1) is 0 Å².